The van der Waals surface area contributed by atoms with E-state index in [1.54, 1.807) is 36.7 Å². The minimum Gasteiger partial charge on any atom is -0.405 e. The van der Waals surface area contributed by atoms with E-state index in [0.29, 0.717) is 28.0 Å². The fourth-order valence-corrected chi connectivity index (χ4v) is 3.12. The van der Waals surface area contributed by atoms with Crippen molar-refractivity contribution in [3.63, 3.8) is 0 Å². The number of nitrogens with zero attached hydrogens (tertiary/aromatic N) is 3. The predicted octanol–water partition coefficient (Wildman–Crippen LogP) is 3.59. The summed E-state index contributed by atoms with van der Waals surface area (Å²) in [5.74, 6) is -0.0783. The monoisotopic (exact) mass is 372 g/mol. The maximum atomic E-state index is 13.4. The van der Waals surface area contributed by atoms with Gasteiger partial charge in [0.05, 0.1) is 5.69 Å². The molecule has 138 valence electrons. The predicted molar refractivity (Wildman–Crippen MR) is 110 cm³/mol. The van der Waals surface area contributed by atoms with Crippen LogP contribution in [0, 0.1) is 5.82 Å². The number of nitrogens with two attached hydrogens (primary N) is 3. The van der Waals surface area contributed by atoms with Gasteiger partial charge in [0.2, 0.25) is 0 Å². The van der Waals surface area contributed by atoms with Crippen LogP contribution in [-0.2, 0) is 0 Å². The van der Waals surface area contributed by atoms with Crippen LogP contribution in [0.4, 0.5) is 15.9 Å². The Morgan fingerprint density at radius 3 is 2.25 bits per heavy atom. The molecule has 2 aromatic heterocycles. The van der Waals surface area contributed by atoms with Gasteiger partial charge in [-0.1, -0.05) is 6.07 Å². The van der Waals surface area contributed by atoms with Crippen LogP contribution in [-0.4, -0.2) is 15.0 Å². The van der Waals surface area contributed by atoms with Crippen molar-refractivity contribution in [1.29, 1.82) is 0 Å². The molecule has 0 saturated carbocycles. The Bertz CT molecular complexity index is 1200. The largest absolute Gasteiger partial charge is 0.405 e. The van der Waals surface area contributed by atoms with Crippen LogP contribution < -0.4 is 17.2 Å². The van der Waals surface area contributed by atoms with E-state index in [-0.39, 0.29) is 11.6 Å². The number of halogens is 1. The molecule has 0 radical (unpaired) electrons. The lowest BCUT2D eigenvalue weighted by molar-refractivity contribution is 0.628. The standard InChI is InChI=1S/C21H17FN6/c22-15-4-1-12(2-5-15)18-17(14-3-6-16(24)13(11-14)7-8-23)19-20(21(25)28-18)27-10-9-26-19/h1-11H,23-24H2,(H2,25,28)/b8-7-. The summed E-state index contributed by atoms with van der Waals surface area (Å²) in [7, 11) is 0. The molecule has 2 aromatic carbocycles. The van der Waals surface area contributed by atoms with E-state index in [0.717, 1.165) is 16.7 Å². The summed E-state index contributed by atoms with van der Waals surface area (Å²) in [6.07, 6.45) is 6.30. The second-order valence-electron chi connectivity index (χ2n) is 6.18. The van der Waals surface area contributed by atoms with Gasteiger partial charge in [-0.3, -0.25) is 4.98 Å². The van der Waals surface area contributed by atoms with Gasteiger partial charge in [-0.2, -0.15) is 0 Å². The van der Waals surface area contributed by atoms with E-state index in [4.69, 9.17) is 17.2 Å². The molecule has 4 rings (SSSR count). The third kappa shape index (κ3) is 2.99. The van der Waals surface area contributed by atoms with Crippen molar-refractivity contribution >= 4 is 28.6 Å². The second kappa shape index (κ2) is 6.96. The highest BCUT2D eigenvalue weighted by Crippen LogP contribution is 2.38. The maximum absolute atomic E-state index is 13.4. The highest BCUT2D eigenvalue weighted by Gasteiger charge is 2.18. The van der Waals surface area contributed by atoms with Gasteiger partial charge in [0.25, 0.3) is 0 Å². The Hall–Kier alpha value is -4.00. The summed E-state index contributed by atoms with van der Waals surface area (Å²) in [4.78, 5) is 13.4. The van der Waals surface area contributed by atoms with Gasteiger partial charge in [-0.05, 0) is 59.8 Å². The Morgan fingerprint density at radius 1 is 0.857 bits per heavy atom. The van der Waals surface area contributed by atoms with Crippen molar-refractivity contribution in [3.8, 4) is 22.4 Å². The van der Waals surface area contributed by atoms with Gasteiger partial charge >= 0.3 is 0 Å². The van der Waals surface area contributed by atoms with Crippen molar-refractivity contribution < 1.29 is 4.39 Å². The van der Waals surface area contributed by atoms with E-state index < -0.39 is 0 Å². The van der Waals surface area contributed by atoms with Gasteiger partial charge < -0.3 is 17.2 Å². The molecule has 0 aliphatic heterocycles. The first-order valence-corrected chi connectivity index (χ1v) is 8.53. The zero-order valence-electron chi connectivity index (χ0n) is 14.8. The first-order valence-electron chi connectivity index (χ1n) is 8.53. The first-order chi connectivity index (χ1) is 13.6. The molecule has 0 atom stereocenters. The molecule has 6 N–H and O–H groups in total. The number of hydrogen-bond acceptors (Lipinski definition) is 6. The Balaban J connectivity index is 2.08. The Labute approximate surface area is 160 Å². The maximum Gasteiger partial charge on any atom is 0.152 e. The molecular formula is C21H17FN6. The number of pyridine rings is 1. The van der Waals surface area contributed by atoms with Crippen LogP contribution in [0.15, 0.2) is 61.1 Å². The SMILES string of the molecule is N/C=C\c1cc(-c2c(-c3ccc(F)cc3)nc(N)c3nccnc23)ccc1N. The van der Waals surface area contributed by atoms with Gasteiger partial charge in [-0.15, -0.1) is 0 Å². The summed E-state index contributed by atoms with van der Waals surface area (Å²) in [5, 5.41) is 0. The average Bonchev–Trinajstić information content (AvgIpc) is 2.71. The molecule has 6 nitrogen and oxygen atoms in total. The van der Waals surface area contributed by atoms with Crippen molar-refractivity contribution in [2.75, 3.05) is 11.5 Å². The van der Waals surface area contributed by atoms with Gasteiger partial charge in [-0.25, -0.2) is 14.4 Å². The molecule has 0 fully saturated rings. The Kier molecular flexibility index (Phi) is 4.33. The lowest BCUT2D eigenvalue weighted by atomic mass is 9.95. The summed E-state index contributed by atoms with van der Waals surface area (Å²) in [6, 6.07) is 11.6. The smallest absolute Gasteiger partial charge is 0.152 e. The van der Waals surface area contributed by atoms with Crippen molar-refractivity contribution in [2.45, 2.75) is 0 Å². The fourth-order valence-electron chi connectivity index (χ4n) is 3.12. The normalized spacial score (nSPS) is 11.3. The molecule has 0 spiro atoms. The van der Waals surface area contributed by atoms with Crippen LogP contribution in [0.1, 0.15) is 5.56 Å². The van der Waals surface area contributed by atoms with E-state index in [1.807, 2.05) is 12.1 Å². The summed E-state index contributed by atoms with van der Waals surface area (Å²) in [5.41, 5.74) is 23.0. The molecular weight excluding hydrogens is 355 g/mol. The van der Waals surface area contributed by atoms with Gasteiger partial charge in [0.15, 0.2) is 5.82 Å². The fraction of sp³-hybridized carbons (Fsp3) is 0. The number of fused-ring (bicyclic) bond motifs is 1. The second-order valence-corrected chi connectivity index (χ2v) is 6.18. The molecule has 2 heterocycles. The zero-order chi connectivity index (χ0) is 19.7. The van der Waals surface area contributed by atoms with Crippen LogP contribution in [0.25, 0.3) is 39.5 Å². The van der Waals surface area contributed by atoms with Crippen LogP contribution in [0.3, 0.4) is 0 Å². The van der Waals surface area contributed by atoms with Crippen LogP contribution in [0.2, 0.25) is 0 Å². The van der Waals surface area contributed by atoms with Crippen LogP contribution in [0.5, 0.6) is 0 Å². The number of aromatic nitrogens is 3. The minimum atomic E-state index is -0.332. The molecule has 0 unspecified atom stereocenters. The molecule has 0 bridgehead atoms. The molecule has 4 aromatic rings. The van der Waals surface area contributed by atoms with Crippen molar-refractivity contribution in [1.82, 2.24) is 15.0 Å². The summed E-state index contributed by atoms with van der Waals surface area (Å²) >= 11 is 0. The number of nitrogen functional groups attached to an aromatic ring is 2. The Morgan fingerprint density at radius 2 is 1.54 bits per heavy atom. The lowest BCUT2D eigenvalue weighted by Crippen LogP contribution is -2.01. The van der Waals surface area contributed by atoms with Gasteiger partial charge in [0.1, 0.15) is 16.9 Å². The molecule has 0 aliphatic rings. The molecule has 0 amide bonds. The molecule has 0 saturated heterocycles. The van der Waals surface area contributed by atoms with Crippen LogP contribution >= 0.6 is 0 Å². The highest BCUT2D eigenvalue weighted by molar-refractivity contribution is 6.03. The lowest BCUT2D eigenvalue weighted by Gasteiger charge is -2.14. The number of hydrogen-bond donors (Lipinski definition) is 3. The number of anilines is 2. The highest BCUT2D eigenvalue weighted by atomic mass is 19.1. The summed E-state index contributed by atoms with van der Waals surface area (Å²) in [6.45, 7) is 0. The third-order valence-corrected chi connectivity index (χ3v) is 4.42. The number of rotatable bonds is 3. The zero-order valence-corrected chi connectivity index (χ0v) is 14.8. The first kappa shape index (κ1) is 17.4. The topological polar surface area (TPSA) is 117 Å². The quantitative estimate of drug-likeness (QED) is 0.473. The average molecular weight is 372 g/mol. The summed E-state index contributed by atoms with van der Waals surface area (Å²) < 4.78 is 13.4. The van der Waals surface area contributed by atoms with Crippen molar-refractivity contribution in [2.24, 2.45) is 5.73 Å². The minimum absolute atomic E-state index is 0.253. The van der Waals surface area contributed by atoms with Gasteiger partial charge in [0, 0.05) is 29.2 Å². The van der Waals surface area contributed by atoms with E-state index in [2.05, 4.69) is 15.0 Å². The molecule has 0 aliphatic carbocycles. The van der Waals surface area contributed by atoms with Crippen molar-refractivity contribution in [3.05, 3.63) is 72.4 Å². The third-order valence-electron chi connectivity index (χ3n) is 4.42. The van der Waals surface area contributed by atoms with E-state index >= 15 is 0 Å². The van der Waals surface area contributed by atoms with E-state index in [9.17, 15) is 4.39 Å². The number of benzene rings is 2. The molecule has 7 heteroatoms. The molecule has 28 heavy (non-hydrogen) atoms. The van der Waals surface area contributed by atoms with E-state index in [1.165, 1.54) is 18.3 Å².